The minimum Gasteiger partial charge on any atom is -0.858 e. The van der Waals surface area contributed by atoms with Gasteiger partial charge in [0.15, 0.2) is 0 Å². The molecule has 0 atom stereocenters. The van der Waals surface area contributed by atoms with Gasteiger partial charge in [-0.15, -0.1) is 0 Å². The maximum atomic E-state index is 12.3. The van der Waals surface area contributed by atoms with Crippen molar-refractivity contribution in [3.05, 3.63) is 27.8 Å². The zero-order valence-corrected chi connectivity index (χ0v) is 8.22. The van der Waals surface area contributed by atoms with E-state index in [0.717, 1.165) is 0 Å². The number of halogens is 1. The van der Waals surface area contributed by atoms with E-state index in [1.165, 1.54) is 6.07 Å². The molecule has 0 bridgehead atoms. The Kier molecular flexibility index (Phi) is 3.96. The Balaban J connectivity index is 0.00000121. The zero-order chi connectivity index (χ0) is 8.43. The standard InChI is InChI=1S/C6H3FN2O2.Na/c7-4-1-3(2-8)5(10)9-6(4)11;/h1H,(H2,9,10,11);/q;+1/p-1. The minimum absolute atomic E-state index is 0. The van der Waals surface area contributed by atoms with Crippen molar-refractivity contribution in [2.45, 2.75) is 0 Å². The van der Waals surface area contributed by atoms with Crippen LogP contribution in [0.3, 0.4) is 0 Å². The zero-order valence-electron chi connectivity index (χ0n) is 6.22. The van der Waals surface area contributed by atoms with Crippen LogP contribution in [-0.4, -0.2) is 4.98 Å². The van der Waals surface area contributed by atoms with E-state index in [4.69, 9.17) is 5.26 Å². The topological polar surface area (TPSA) is 79.7 Å². The molecule has 6 heteroatoms. The summed E-state index contributed by atoms with van der Waals surface area (Å²) in [5.74, 6) is -2.23. The predicted molar refractivity (Wildman–Crippen MR) is 31.2 cm³/mol. The van der Waals surface area contributed by atoms with Crippen molar-refractivity contribution >= 4 is 0 Å². The number of hydrogen-bond donors (Lipinski definition) is 1. The Morgan fingerprint density at radius 2 is 2.25 bits per heavy atom. The summed E-state index contributed by atoms with van der Waals surface area (Å²) in [6.45, 7) is 0. The fourth-order valence-corrected chi connectivity index (χ4v) is 0.571. The van der Waals surface area contributed by atoms with Gasteiger partial charge in [0.1, 0.15) is 17.4 Å². The fraction of sp³-hybridized carbons (Fsp3) is 0. The SMILES string of the molecule is N#Cc1cc(F)c([O-])[nH]c1=O.[Na+]. The van der Waals surface area contributed by atoms with Gasteiger partial charge in [-0.25, -0.2) is 4.39 Å². The van der Waals surface area contributed by atoms with Crippen molar-refractivity contribution in [2.75, 3.05) is 0 Å². The Morgan fingerprint density at radius 3 is 2.75 bits per heavy atom. The van der Waals surface area contributed by atoms with Crippen LogP contribution in [0.1, 0.15) is 5.56 Å². The molecule has 1 aromatic rings. The summed E-state index contributed by atoms with van der Waals surface area (Å²) < 4.78 is 12.3. The number of H-pyrrole nitrogens is 1. The van der Waals surface area contributed by atoms with Crippen LogP contribution < -0.4 is 40.2 Å². The number of pyridine rings is 1. The molecule has 1 heterocycles. The molecule has 0 saturated carbocycles. The van der Waals surface area contributed by atoms with Gasteiger partial charge in [-0.3, -0.25) is 4.79 Å². The molecular formula is C6H2FN2NaO2. The molecule has 0 fully saturated rings. The first-order valence-electron chi connectivity index (χ1n) is 2.65. The normalized spacial score (nSPS) is 8.33. The number of aromatic amines is 1. The third kappa shape index (κ3) is 2.08. The first kappa shape index (κ1) is 11.2. The van der Waals surface area contributed by atoms with Gasteiger partial charge in [0.05, 0.1) is 0 Å². The van der Waals surface area contributed by atoms with Crippen molar-refractivity contribution in [2.24, 2.45) is 0 Å². The largest absolute Gasteiger partial charge is 1.00 e. The molecule has 56 valence electrons. The predicted octanol–water partition coefficient (Wildman–Crippen LogP) is -3.54. The van der Waals surface area contributed by atoms with Gasteiger partial charge in [0, 0.05) is 0 Å². The number of hydrogen-bond acceptors (Lipinski definition) is 3. The van der Waals surface area contributed by atoms with Gasteiger partial charge >= 0.3 is 29.6 Å². The molecule has 0 aliphatic rings. The van der Waals surface area contributed by atoms with E-state index in [9.17, 15) is 14.3 Å². The van der Waals surface area contributed by atoms with E-state index in [1.807, 2.05) is 0 Å². The van der Waals surface area contributed by atoms with E-state index in [2.05, 4.69) is 0 Å². The average Bonchev–Trinajstić information content (AvgIpc) is 1.97. The van der Waals surface area contributed by atoms with E-state index in [1.54, 1.807) is 4.98 Å². The molecule has 1 rings (SSSR count). The molecule has 0 radical (unpaired) electrons. The van der Waals surface area contributed by atoms with E-state index < -0.39 is 22.8 Å². The monoisotopic (exact) mass is 176 g/mol. The maximum Gasteiger partial charge on any atom is 1.00 e. The smallest absolute Gasteiger partial charge is 0.858 e. The summed E-state index contributed by atoms with van der Waals surface area (Å²) in [4.78, 5) is 12.2. The van der Waals surface area contributed by atoms with Crippen LogP contribution in [0, 0.1) is 17.1 Å². The number of aromatic nitrogens is 1. The average molecular weight is 176 g/mol. The summed E-state index contributed by atoms with van der Waals surface area (Å²) in [7, 11) is 0. The van der Waals surface area contributed by atoms with Crippen LogP contribution in [0.15, 0.2) is 10.9 Å². The van der Waals surface area contributed by atoms with Crippen molar-refractivity contribution in [1.29, 1.82) is 5.26 Å². The molecular weight excluding hydrogens is 174 g/mol. The molecule has 0 aliphatic carbocycles. The molecule has 0 unspecified atom stereocenters. The summed E-state index contributed by atoms with van der Waals surface area (Å²) in [6.07, 6.45) is 0. The van der Waals surface area contributed by atoms with Gasteiger partial charge in [0.2, 0.25) is 0 Å². The molecule has 0 amide bonds. The summed E-state index contributed by atoms with van der Waals surface area (Å²) in [6, 6.07) is 2.05. The molecule has 0 spiro atoms. The third-order valence-electron chi connectivity index (χ3n) is 1.08. The Morgan fingerprint density at radius 1 is 1.67 bits per heavy atom. The molecule has 4 nitrogen and oxygen atoms in total. The summed E-state index contributed by atoms with van der Waals surface area (Å²) in [5.41, 5.74) is -1.26. The Labute approximate surface area is 88.9 Å². The second-order valence-corrected chi connectivity index (χ2v) is 1.80. The third-order valence-corrected chi connectivity index (χ3v) is 1.08. The van der Waals surface area contributed by atoms with Crippen LogP contribution in [-0.2, 0) is 0 Å². The maximum absolute atomic E-state index is 12.3. The van der Waals surface area contributed by atoms with Crippen molar-refractivity contribution in [3.8, 4) is 11.9 Å². The fourth-order valence-electron chi connectivity index (χ4n) is 0.571. The van der Waals surface area contributed by atoms with Crippen molar-refractivity contribution in [3.63, 3.8) is 0 Å². The van der Waals surface area contributed by atoms with E-state index in [0.29, 0.717) is 6.07 Å². The Hall–Kier alpha value is -0.830. The van der Waals surface area contributed by atoms with Crippen molar-refractivity contribution in [1.82, 2.24) is 4.98 Å². The number of nitriles is 1. The van der Waals surface area contributed by atoms with Gasteiger partial charge in [0.25, 0.3) is 5.56 Å². The molecule has 1 N–H and O–H groups in total. The molecule has 0 aromatic carbocycles. The van der Waals surface area contributed by atoms with Crippen LogP contribution in [0.2, 0.25) is 0 Å². The molecule has 1 aromatic heterocycles. The first-order valence-corrected chi connectivity index (χ1v) is 2.65. The van der Waals surface area contributed by atoms with Gasteiger partial charge < -0.3 is 10.1 Å². The second-order valence-electron chi connectivity index (χ2n) is 1.80. The minimum atomic E-state index is -1.12. The number of nitrogens with zero attached hydrogens (tertiary/aromatic N) is 1. The molecule has 0 aliphatic heterocycles. The van der Waals surface area contributed by atoms with Crippen LogP contribution in [0.25, 0.3) is 0 Å². The second kappa shape index (κ2) is 4.26. The number of nitrogens with one attached hydrogen (secondary N) is 1. The van der Waals surface area contributed by atoms with Crippen LogP contribution in [0.4, 0.5) is 4.39 Å². The number of rotatable bonds is 0. The Bertz CT molecular complexity index is 382. The van der Waals surface area contributed by atoms with Crippen LogP contribution in [0.5, 0.6) is 5.88 Å². The van der Waals surface area contributed by atoms with Gasteiger partial charge in [-0.2, -0.15) is 5.26 Å². The summed E-state index contributed by atoms with van der Waals surface area (Å²) in [5, 5.41) is 18.6. The quantitative estimate of drug-likeness (QED) is 0.416. The summed E-state index contributed by atoms with van der Waals surface area (Å²) >= 11 is 0. The van der Waals surface area contributed by atoms with Crippen molar-refractivity contribution < 1.29 is 39.1 Å². The van der Waals surface area contributed by atoms with E-state index >= 15 is 0 Å². The van der Waals surface area contributed by atoms with Gasteiger partial charge in [-0.1, -0.05) is 0 Å². The van der Waals surface area contributed by atoms with Crippen LogP contribution >= 0.6 is 0 Å². The van der Waals surface area contributed by atoms with E-state index in [-0.39, 0.29) is 29.6 Å². The van der Waals surface area contributed by atoms with Gasteiger partial charge in [-0.05, 0) is 11.9 Å². The first-order chi connectivity index (χ1) is 5.15. The molecule has 12 heavy (non-hydrogen) atoms. The molecule has 0 saturated heterocycles.